The Morgan fingerprint density at radius 1 is 1.35 bits per heavy atom. The summed E-state index contributed by atoms with van der Waals surface area (Å²) in [5.41, 5.74) is 5.73. The summed E-state index contributed by atoms with van der Waals surface area (Å²) in [5.74, 6) is 1.95. The number of ether oxygens (including phenoxy) is 1. The fraction of sp³-hybridized carbons (Fsp3) is 0.636. The van der Waals surface area contributed by atoms with Crippen molar-refractivity contribution in [3.8, 4) is 0 Å². The van der Waals surface area contributed by atoms with Crippen LogP contribution in [0.3, 0.4) is 0 Å². The summed E-state index contributed by atoms with van der Waals surface area (Å²) in [7, 11) is 0. The summed E-state index contributed by atoms with van der Waals surface area (Å²) in [4.78, 5) is 8.14. The van der Waals surface area contributed by atoms with Gasteiger partial charge in [-0.15, -0.1) is 0 Å². The molecule has 0 spiro atoms. The second-order valence-corrected chi connectivity index (χ2v) is 5.43. The predicted octanol–water partition coefficient (Wildman–Crippen LogP) is 1.80. The molecule has 1 aliphatic heterocycles. The molecule has 2 atom stereocenters. The van der Waals surface area contributed by atoms with Gasteiger partial charge in [-0.3, -0.25) is 0 Å². The lowest BCUT2D eigenvalue weighted by Crippen LogP contribution is -2.31. The fourth-order valence-electron chi connectivity index (χ4n) is 2.31. The molecule has 0 bridgehead atoms. The molecule has 2 unspecified atom stereocenters. The van der Waals surface area contributed by atoms with Crippen LogP contribution in [0.4, 0.5) is 11.6 Å². The Morgan fingerprint density at radius 3 is 2.94 bits per heavy atom. The fourth-order valence-corrected chi connectivity index (χ4v) is 2.63. The molecular weight excluding hydrogens is 284 g/mol. The number of anilines is 2. The van der Waals surface area contributed by atoms with Crippen molar-refractivity contribution >= 4 is 27.6 Å². The predicted molar refractivity (Wildman–Crippen MR) is 68.6 cm³/mol. The van der Waals surface area contributed by atoms with Crippen LogP contribution in [0.1, 0.15) is 19.3 Å². The molecule has 0 aromatic carbocycles. The highest BCUT2D eigenvalue weighted by Gasteiger charge is 2.40. The van der Waals surface area contributed by atoms with E-state index >= 15 is 0 Å². The molecule has 6 heteroatoms. The summed E-state index contributed by atoms with van der Waals surface area (Å²) in [5, 5.41) is 3.42. The molecule has 3 rings (SSSR count). The average molecular weight is 299 g/mol. The van der Waals surface area contributed by atoms with Gasteiger partial charge < -0.3 is 15.8 Å². The van der Waals surface area contributed by atoms with E-state index in [1.165, 1.54) is 19.2 Å². The van der Waals surface area contributed by atoms with E-state index in [1.54, 1.807) is 0 Å². The van der Waals surface area contributed by atoms with Crippen LogP contribution in [0.5, 0.6) is 0 Å². The summed E-state index contributed by atoms with van der Waals surface area (Å²) < 4.78 is 6.52. The molecule has 1 aromatic heterocycles. The van der Waals surface area contributed by atoms with Crippen molar-refractivity contribution in [1.82, 2.24) is 9.97 Å². The number of aromatic nitrogens is 2. The van der Waals surface area contributed by atoms with E-state index in [4.69, 9.17) is 10.5 Å². The van der Waals surface area contributed by atoms with Gasteiger partial charge in [0, 0.05) is 6.61 Å². The Bertz CT molecular complexity index is 424. The third kappa shape index (κ3) is 2.24. The lowest BCUT2D eigenvalue weighted by Gasteiger charge is -2.20. The van der Waals surface area contributed by atoms with E-state index in [-0.39, 0.29) is 0 Å². The van der Waals surface area contributed by atoms with Crippen LogP contribution in [0.25, 0.3) is 0 Å². The first-order chi connectivity index (χ1) is 8.25. The number of rotatable bonds is 3. The first-order valence-electron chi connectivity index (χ1n) is 5.90. The Kier molecular flexibility index (Phi) is 2.92. The monoisotopic (exact) mass is 298 g/mol. The van der Waals surface area contributed by atoms with E-state index in [0.29, 0.717) is 18.0 Å². The number of nitrogens with two attached hydrogens (primary N) is 1. The largest absolute Gasteiger partial charge is 0.383 e. The van der Waals surface area contributed by atoms with Crippen molar-refractivity contribution in [2.45, 2.75) is 31.4 Å². The Hall–Kier alpha value is -0.880. The van der Waals surface area contributed by atoms with E-state index in [0.717, 1.165) is 29.2 Å². The maximum absolute atomic E-state index is 5.78. The number of hydrogen-bond acceptors (Lipinski definition) is 5. The van der Waals surface area contributed by atoms with Gasteiger partial charge in [0.25, 0.3) is 0 Å². The minimum Gasteiger partial charge on any atom is -0.383 e. The standard InChI is InChI=1S/C11H15BrN4O/c12-8-10(13)14-5-15-11(8)16-7-3-4-17-9(7)6-1-2-6/h5-7,9H,1-4H2,(H3,13,14,15,16). The van der Waals surface area contributed by atoms with Crippen molar-refractivity contribution < 1.29 is 4.74 Å². The van der Waals surface area contributed by atoms with Gasteiger partial charge in [0.05, 0.1) is 12.1 Å². The maximum Gasteiger partial charge on any atom is 0.146 e. The third-order valence-corrected chi connectivity index (χ3v) is 4.14. The minimum atomic E-state index is 0.332. The summed E-state index contributed by atoms with van der Waals surface area (Å²) in [6.07, 6.45) is 5.41. The lowest BCUT2D eigenvalue weighted by molar-refractivity contribution is 0.0898. The molecule has 0 radical (unpaired) electrons. The average Bonchev–Trinajstić information content (AvgIpc) is 3.06. The van der Waals surface area contributed by atoms with Crippen LogP contribution in [0.15, 0.2) is 10.8 Å². The molecule has 5 nitrogen and oxygen atoms in total. The van der Waals surface area contributed by atoms with Gasteiger partial charge in [-0.2, -0.15) is 0 Å². The molecule has 2 heterocycles. The number of nitrogen functional groups attached to an aromatic ring is 1. The van der Waals surface area contributed by atoms with Gasteiger partial charge in [-0.05, 0) is 41.1 Å². The number of nitrogens with one attached hydrogen (secondary N) is 1. The van der Waals surface area contributed by atoms with Crippen molar-refractivity contribution in [2.24, 2.45) is 5.92 Å². The molecule has 1 aromatic rings. The normalized spacial score (nSPS) is 28.3. The zero-order valence-electron chi connectivity index (χ0n) is 9.40. The van der Waals surface area contributed by atoms with E-state index < -0.39 is 0 Å². The molecule has 17 heavy (non-hydrogen) atoms. The van der Waals surface area contributed by atoms with Crippen molar-refractivity contribution in [1.29, 1.82) is 0 Å². The second-order valence-electron chi connectivity index (χ2n) is 4.63. The zero-order chi connectivity index (χ0) is 11.8. The number of hydrogen-bond donors (Lipinski definition) is 2. The number of nitrogens with zero attached hydrogens (tertiary/aromatic N) is 2. The van der Waals surface area contributed by atoms with Crippen LogP contribution in [-0.4, -0.2) is 28.7 Å². The molecule has 1 saturated heterocycles. The van der Waals surface area contributed by atoms with E-state index in [1.807, 2.05) is 0 Å². The van der Waals surface area contributed by atoms with Crippen LogP contribution >= 0.6 is 15.9 Å². The van der Waals surface area contributed by atoms with Crippen molar-refractivity contribution in [2.75, 3.05) is 17.7 Å². The van der Waals surface area contributed by atoms with Gasteiger partial charge in [-0.1, -0.05) is 0 Å². The Morgan fingerprint density at radius 2 is 2.18 bits per heavy atom. The van der Waals surface area contributed by atoms with Crippen LogP contribution in [0.2, 0.25) is 0 Å². The molecule has 0 amide bonds. The molecule has 1 saturated carbocycles. The van der Waals surface area contributed by atoms with Crippen LogP contribution < -0.4 is 11.1 Å². The molecule has 3 N–H and O–H groups in total. The Labute approximate surface area is 108 Å². The van der Waals surface area contributed by atoms with Crippen LogP contribution in [-0.2, 0) is 4.74 Å². The minimum absolute atomic E-state index is 0.332. The highest BCUT2D eigenvalue weighted by atomic mass is 79.9. The van der Waals surface area contributed by atoms with Gasteiger partial charge in [0.2, 0.25) is 0 Å². The van der Waals surface area contributed by atoms with Crippen molar-refractivity contribution in [3.05, 3.63) is 10.8 Å². The van der Waals surface area contributed by atoms with Gasteiger partial charge >= 0.3 is 0 Å². The SMILES string of the molecule is Nc1ncnc(NC2CCOC2C2CC2)c1Br. The van der Waals surface area contributed by atoms with Gasteiger partial charge in [-0.25, -0.2) is 9.97 Å². The third-order valence-electron chi connectivity index (χ3n) is 3.36. The van der Waals surface area contributed by atoms with Gasteiger partial charge in [0.15, 0.2) is 0 Å². The summed E-state index contributed by atoms with van der Waals surface area (Å²) >= 11 is 3.41. The molecule has 2 fully saturated rings. The highest BCUT2D eigenvalue weighted by Crippen LogP contribution is 2.40. The number of halogens is 1. The quantitative estimate of drug-likeness (QED) is 0.890. The van der Waals surface area contributed by atoms with E-state index in [9.17, 15) is 0 Å². The van der Waals surface area contributed by atoms with Gasteiger partial charge in [0.1, 0.15) is 22.4 Å². The molecule has 1 aliphatic carbocycles. The van der Waals surface area contributed by atoms with Crippen molar-refractivity contribution in [3.63, 3.8) is 0 Å². The second kappa shape index (κ2) is 4.42. The summed E-state index contributed by atoms with van der Waals surface area (Å²) in [6.45, 7) is 0.830. The zero-order valence-corrected chi connectivity index (χ0v) is 11.0. The van der Waals surface area contributed by atoms with E-state index in [2.05, 4.69) is 31.2 Å². The molecule has 2 aliphatic rings. The molecule has 92 valence electrons. The summed E-state index contributed by atoms with van der Waals surface area (Å²) in [6, 6.07) is 0.341. The smallest absolute Gasteiger partial charge is 0.146 e. The first-order valence-corrected chi connectivity index (χ1v) is 6.69. The maximum atomic E-state index is 5.78. The molecular formula is C11H15BrN4O. The first kappa shape index (κ1) is 11.2. The topological polar surface area (TPSA) is 73.1 Å². The highest BCUT2D eigenvalue weighted by molar-refractivity contribution is 9.10. The Balaban J connectivity index is 1.75. The lowest BCUT2D eigenvalue weighted by atomic mass is 10.1. The van der Waals surface area contributed by atoms with Crippen LogP contribution in [0, 0.1) is 5.92 Å².